The molecule has 19 heavy (non-hydrogen) atoms. The van der Waals surface area contributed by atoms with Crippen molar-refractivity contribution in [2.24, 2.45) is 5.92 Å². The van der Waals surface area contributed by atoms with E-state index < -0.39 is 0 Å². The fourth-order valence-corrected chi connectivity index (χ4v) is 3.06. The van der Waals surface area contributed by atoms with E-state index >= 15 is 0 Å². The molecule has 1 aliphatic heterocycles. The Morgan fingerprint density at radius 2 is 2.11 bits per heavy atom. The molecule has 1 aliphatic carbocycles. The van der Waals surface area contributed by atoms with Crippen LogP contribution in [0.3, 0.4) is 0 Å². The van der Waals surface area contributed by atoms with Gasteiger partial charge in [0.2, 0.25) is 5.95 Å². The minimum absolute atomic E-state index is 0.731. The van der Waals surface area contributed by atoms with E-state index in [0.717, 1.165) is 43.7 Å². The number of fused-ring (bicyclic) bond motifs is 1. The molecular weight excluding hydrogens is 238 g/mol. The maximum Gasteiger partial charge on any atom is 0.224 e. The molecule has 5 heteroatoms. The van der Waals surface area contributed by atoms with Crippen molar-refractivity contribution >= 4 is 11.8 Å². The number of aromatic nitrogens is 2. The van der Waals surface area contributed by atoms with Crippen LogP contribution in [0.15, 0.2) is 0 Å². The van der Waals surface area contributed by atoms with Gasteiger partial charge in [-0.05, 0) is 18.8 Å². The average Bonchev–Trinajstić information content (AvgIpc) is 2.97. The SMILES string of the molecule is CNc1nc2c(c(NCC3CCCC3)n1)CNCC2. The normalized spacial score (nSPS) is 19.2. The number of hydrogen-bond acceptors (Lipinski definition) is 5. The van der Waals surface area contributed by atoms with Gasteiger partial charge in [-0.3, -0.25) is 0 Å². The van der Waals surface area contributed by atoms with Crippen molar-refractivity contribution in [1.29, 1.82) is 0 Å². The van der Waals surface area contributed by atoms with Crippen LogP contribution in [-0.2, 0) is 13.0 Å². The van der Waals surface area contributed by atoms with E-state index in [1.54, 1.807) is 0 Å². The standard InChI is InChI=1S/C14H23N5/c1-15-14-18-12-6-7-16-9-11(12)13(19-14)17-8-10-4-2-3-5-10/h10,16H,2-9H2,1H3,(H2,15,17,18,19). The lowest BCUT2D eigenvalue weighted by atomic mass is 10.1. The first-order valence-corrected chi connectivity index (χ1v) is 7.39. The van der Waals surface area contributed by atoms with Gasteiger partial charge in [-0.1, -0.05) is 12.8 Å². The van der Waals surface area contributed by atoms with Crippen molar-refractivity contribution in [3.05, 3.63) is 11.3 Å². The predicted molar refractivity (Wildman–Crippen MR) is 77.4 cm³/mol. The molecular formula is C14H23N5. The summed E-state index contributed by atoms with van der Waals surface area (Å²) in [5.41, 5.74) is 2.44. The second kappa shape index (κ2) is 5.74. The van der Waals surface area contributed by atoms with E-state index in [0.29, 0.717) is 0 Å². The van der Waals surface area contributed by atoms with E-state index in [2.05, 4.69) is 25.9 Å². The van der Waals surface area contributed by atoms with E-state index in [-0.39, 0.29) is 0 Å². The monoisotopic (exact) mass is 261 g/mol. The summed E-state index contributed by atoms with van der Waals surface area (Å²) < 4.78 is 0. The van der Waals surface area contributed by atoms with Crippen molar-refractivity contribution in [1.82, 2.24) is 15.3 Å². The average molecular weight is 261 g/mol. The fraction of sp³-hybridized carbons (Fsp3) is 0.714. The first-order valence-electron chi connectivity index (χ1n) is 7.39. The molecule has 2 heterocycles. The van der Waals surface area contributed by atoms with Gasteiger partial charge < -0.3 is 16.0 Å². The minimum Gasteiger partial charge on any atom is -0.369 e. The van der Waals surface area contributed by atoms with E-state index in [4.69, 9.17) is 0 Å². The van der Waals surface area contributed by atoms with Crippen LogP contribution in [-0.4, -0.2) is 30.1 Å². The third-order valence-corrected chi connectivity index (χ3v) is 4.19. The van der Waals surface area contributed by atoms with Gasteiger partial charge in [0.15, 0.2) is 0 Å². The van der Waals surface area contributed by atoms with Crippen molar-refractivity contribution < 1.29 is 0 Å². The largest absolute Gasteiger partial charge is 0.369 e. The first-order chi connectivity index (χ1) is 9.36. The Balaban J connectivity index is 1.77. The van der Waals surface area contributed by atoms with Gasteiger partial charge in [-0.15, -0.1) is 0 Å². The molecule has 1 fully saturated rings. The molecule has 0 atom stereocenters. The molecule has 0 spiro atoms. The Morgan fingerprint density at radius 3 is 2.89 bits per heavy atom. The van der Waals surface area contributed by atoms with Crippen LogP contribution in [0, 0.1) is 5.92 Å². The summed E-state index contributed by atoms with van der Waals surface area (Å²) in [6, 6.07) is 0. The van der Waals surface area contributed by atoms with Gasteiger partial charge in [0.1, 0.15) is 5.82 Å². The number of nitrogens with one attached hydrogen (secondary N) is 3. The Morgan fingerprint density at radius 1 is 1.26 bits per heavy atom. The maximum absolute atomic E-state index is 4.59. The summed E-state index contributed by atoms with van der Waals surface area (Å²) >= 11 is 0. The molecule has 0 radical (unpaired) electrons. The number of anilines is 2. The molecule has 0 amide bonds. The van der Waals surface area contributed by atoms with Crippen molar-refractivity contribution in [2.45, 2.75) is 38.6 Å². The Hall–Kier alpha value is -1.36. The molecule has 0 unspecified atom stereocenters. The van der Waals surface area contributed by atoms with Crippen LogP contribution < -0.4 is 16.0 Å². The lowest BCUT2D eigenvalue weighted by Gasteiger charge is -2.21. The van der Waals surface area contributed by atoms with E-state index in [1.807, 2.05) is 7.05 Å². The fourth-order valence-electron chi connectivity index (χ4n) is 3.06. The number of nitrogens with zero attached hydrogens (tertiary/aromatic N) is 2. The second-order valence-electron chi connectivity index (χ2n) is 5.53. The summed E-state index contributed by atoms with van der Waals surface area (Å²) in [4.78, 5) is 9.16. The number of hydrogen-bond donors (Lipinski definition) is 3. The van der Waals surface area contributed by atoms with E-state index in [1.165, 1.54) is 36.9 Å². The Bertz CT molecular complexity index is 440. The highest BCUT2D eigenvalue weighted by Crippen LogP contribution is 2.26. The zero-order valence-corrected chi connectivity index (χ0v) is 11.6. The Labute approximate surface area is 114 Å². The molecule has 1 aromatic heterocycles. The van der Waals surface area contributed by atoms with Gasteiger partial charge >= 0.3 is 0 Å². The number of rotatable bonds is 4. The topological polar surface area (TPSA) is 61.9 Å². The van der Waals surface area contributed by atoms with Crippen LogP contribution in [0.4, 0.5) is 11.8 Å². The third-order valence-electron chi connectivity index (χ3n) is 4.19. The van der Waals surface area contributed by atoms with Gasteiger partial charge in [-0.2, -0.15) is 4.98 Å². The summed E-state index contributed by atoms with van der Waals surface area (Å²) in [7, 11) is 1.88. The van der Waals surface area contributed by atoms with Crippen LogP contribution in [0.1, 0.15) is 36.9 Å². The molecule has 3 rings (SSSR count). The molecule has 3 N–H and O–H groups in total. The van der Waals surface area contributed by atoms with Gasteiger partial charge in [-0.25, -0.2) is 4.98 Å². The summed E-state index contributed by atoms with van der Waals surface area (Å²) in [5, 5.41) is 10.0. The van der Waals surface area contributed by atoms with Crippen LogP contribution in [0.5, 0.6) is 0 Å². The quantitative estimate of drug-likeness (QED) is 0.771. The van der Waals surface area contributed by atoms with Crippen molar-refractivity contribution in [3.63, 3.8) is 0 Å². The van der Waals surface area contributed by atoms with Crippen LogP contribution in [0.2, 0.25) is 0 Å². The maximum atomic E-state index is 4.59. The minimum atomic E-state index is 0.731. The molecule has 5 nitrogen and oxygen atoms in total. The predicted octanol–water partition coefficient (Wildman–Crippen LogP) is 1.77. The van der Waals surface area contributed by atoms with Gasteiger partial charge in [0.25, 0.3) is 0 Å². The third kappa shape index (κ3) is 2.81. The highest BCUT2D eigenvalue weighted by Gasteiger charge is 2.19. The molecule has 0 bridgehead atoms. The lowest BCUT2D eigenvalue weighted by Crippen LogP contribution is -2.27. The molecule has 1 saturated carbocycles. The Kier molecular flexibility index (Phi) is 3.82. The first kappa shape index (κ1) is 12.7. The van der Waals surface area contributed by atoms with Gasteiger partial charge in [0.05, 0.1) is 5.69 Å². The van der Waals surface area contributed by atoms with Crippen LogP contribution >= 0.6 is 0 Å². The molecule has 0 saturated heterocycles. The summed E-state index contributed by atoms with van der Waals surface area (Å²) in [5.74, 6) is 2.57. The molecule has 104 valence electrons. The van der Waals surface area contributed by atoms with Crippen molar-refractivity contribution in [3.8, 4) is 0 Å². The molecule has 2 aliphatic rings. The highest BCUT2D eigenvalue weighted by molar-refractivity contribution is 5.51. The van der Waals surface area contributed by atoms with Crippen LogP contribution in [0.25, 0.3) is 0 Å². The highest BCUT2D eigenvalue weighted by atomic mass is 15.1. The zero-order chi connectivity index (χ0) is 13.1. The van der Waals surface area contributed by atoms with Crippen molar-refractivity contribution in [2.75, 3.05) is 30.8 Å². The van der Waals surface area contributed by atoms with E-state index in [9.17, 15) is 0 Å². The second-order valence-corrected chi connectivity index (χ2v) is 5.53. The molecule has 1 aromatic rings. The summed E-state index contributed by atoms with van der Waals surface area (Å²) in [6.45, 7) is 2.94. The molecule has 0 aromatic carbocycles. The smallest absolute Gasteiger partial charge is 0.224 e. The lowest BCUT2D eigenvalue weighted by molar-refractivity contribution is 0.575. The zero-order valence-electron chi connectivity index (χ0n) is 11.6. The van der Waals surface area contributed by atoms with Gasteiger partial charge in [0, 0.05) is 38.7 Å². The summed E-state index contributed by atoms with van der Waals surface area (Å²) in [6.07, 6.45) is 6.48.